The number of pyridine rings is 1. The maximum Gasteiger partial charge on any atom is 0.127 e. The first kappa shape index (κ1) is 11.9. The van der Waals surface area contributed by atoms with E-state index in [1.807, 2.05) is 18.2 Å². The minimum Gasteiger partial charge on any atom is -0.367 e. The lowest BCUT2D eigenvalue weighted by Crippen LogP contribution is -2.30. The van der Waals surface area contributed by atoms with Crippen LogP contribution in [0, 0.1) is 5.41 Å². The van der Waals surface area contributed by atoms with Crippen LogP contribution in [0.2, 0.25) is 0 Å². The van der Waals surface area contributed by atoms with Gasteiger partial charge in [-0.05, 0) is 59.2 Å². The number of anilines is 1. The summed E-state index contributed by atoms with van der Waals surface area (Å²) < 4.78 is 0.897. The Morgan fingerprint density at radius 2 is 2.00 bits per heavy atom. The van der Waals surface area contributed by atoms with Gasteiger partial charge in [0.1, 0.15) is 10.4 Å². The van der Waals surface area contributed by atoms with Crippen molar-refractivity contribution in [1.29, 1.82) is 0 Å². The minimum atomic E-state index is 0.531. The summed E-state index contributed by atoms with van der Waals surface area (Å²) in [6.07, 6.45) is 5.11. The molecule has 0 spiro atoms. The van der Waals surface area contributed by atoms with Crippen LogP contribution in [-0.2, 0) is 0 Å². The SMILES string of the molecule is CC1(C)CCC(Nc2cccc(Br)n2)CC1. The van der Waals surface area contributed by atoms with Crippen molar-refractivity contribution in [2.45, 2.75) is 45.6 Å². The smallest absolute Gasteiger partial charge is 0.127 e. The summed E-state index contributed by atoms with van der Waals surface area (Å²) in [5.41, 5.74) is 0.531. The molecule has 1 aliphatic rings. The lowest BCUT2D eigenvalue weighted by Gasteiger charge is -2.34. The third-order valence-electron chi connectivity index (χ3n) is 3.41. The molecule has 1 saturated carbocycles. The molecule has 0 unspecified atom stereocenters. The summed E-state index contributed by atoms with van der Waals surface area (Å²) >= 11 is 3.39. The second-order valence-electron chi connectivity index (χ2n) is 5.43. The molecule has 1 fully saturated rings. The van der Waals surface area contributed by atoms with Crippen LogP contribution in [0.1, 0.15) is 39.5 Å². The summed E-state index contributed by atoms with van der Waals surface area (Å²) in [5, 5.41) is 3.52. The minimum absolute atomic E-state index is 0.531. The third kappa shape index (κ3) is 3.21. The Kier molecular flexibility index (Phi) is 3.53. The molecule has 1 N–H and O–H groups in total. The fourth-order valence-corrected chi connectivity index (χ4v) is 2.59. The first-order valence-corrected chi connectivity index (χ1v) is 6.74. The first-order valence-electron chi connectivity index (χ1n) is 5.94. The quantitative estimate of drug-likeness (QED) is 0.822. The summed E-state index contributed by atoms with van der Waals surface area (Å²) in [7, 11) is 0. The van der Waals surface area contributed by atoms with Gasteiger partial charge in [0.25, 0.3) is 0 Å². The van der Waals surface area contributed by atoms with Gasteiger partial charge in [0.2, 0.25) is 0 Å². The van der Waals surface area contributed by atoms with Crippen molar-refractivity contribution < 1.29 is 0 Å². The predicted molar refractivity (Wildman–Crippen MR) is 71.6 cm³/mol. The summed E-state index contributed by atoms with van der Waals surface area (Å²) in [4.78, 5) is 4.41. The molecule has 1 aliphatic carbocycles. The topological polar surface area (TPSA) is 24.9 Å². The van der Waals surface area contributed by atoms with Gasteiger partial charge < -0.3 is 5.32 Å². The van der Waals surface area contributed by atoms with E-state index in [1.54, 1.807) is 0 Å². The lowest BCUT2D eigenvalue weighted by atomic mass is 9.75. The number of hydrogen-bond acceptors (Lipinski definition) is 2. The highest BCUT2D eigenvalue weighted by Crippen LogP contribution is 2.35. The monoisotopic (exact) mass is 282 g/mol. The van der Waals surface area contributed by atoms with Crippen molar-refractivity contribution in [2.75, 3.05) is 5.32 Å². The second kappa shape index (κ2) is 4.74. The van der Waals surface area contributed by atoms with Gasteiger partial charge in [-0.25, -0.2) is 4.98 Å². The van der Waals surface area contributed by atoms with Crippen LogP contribution in [0.4, 0.5) is 5.82 Å². The molecule has 0 amide bonds. The normalized spacial score (nSPS) is 20.7. The van der Waals surface area contributed by atoms with Gasteiger partial charge in [-0.3, -0.25) is 0 Å². The molecule has 0 aliphatic heterocycles. The standard InChI is InChI=1S/C13H19BrN2/c1-13(2)8-6-10(7-9-13)15-12-5-3-4-11(14)16-12/h3-5,10H,6-9H2,1-2H3,(H,15,16). The largest absolute Gasteiger partial charge is 0.367 e. The highest BCUT2D eigenvalue weighted by molar-refractivity contribution is 9.10. The predicted octanol–water partition coefficient (Wildman–Crippen LogP) is 4.22. The Balaban J connectivity index is 1.92. The summed E-state index contributed by atoms with van der Waals surface area (Å²) in [6.45, 7) is 4.72. The number of aromatic nitrogens is 1. The highest BCUT2D eigenvalue weighted by atomic mass is 79.9. The van der Waals surface area contributed by atoms with Crippen molar-refractivity contribution in [2.24, 2.45) is 5.41 Å². The molecule has 0 saturated heterocycles. The van der Waals surface area contributed by atoms with E-state index in [4.69, 9.17) is 0 Å². The van der Waals surface area contributed by atoms with E-state index in [1.165, 1.54) is 25.7 Å². The Morgan fingerprint density at radius 1 is 1.31 bits per heavy atom. The van der Waals surface area contributed by atoms with Crippen LogP contribution in [0.25, 0.3) is 0 Å². The number of nitrogens with zero attached hydrogens (tertiary/aromatic N) is 1. The zero-order valence-corrected chi connectivity index (χ0v) is 11.5. The molecule has 0 aromatic carbocycles. The van der Waals surface area contributed by atoms with Gasteiger partial charge in [-0.15, -0.1) is 0 Å². The number of halogens is 1. The molecular formula is C13H19BrN2. The van der Waals surface area contributed by atoms with Crippen LogP contribution in [0.5, 0.6) is 0 Å². The lowest BCUT2D eigenvalue weighted by molar-refractivity contribution is 0.232. The number of nitrogens with one attached hydrogen (secondary N) is 1. The van der Waals surface area contributed by atoms with Gasteiger partial charge in [-0.2, -0.15) is 0 Å². The molecule has 88 valence electrons. The van der Waals surface area contributed by atoms with Crippen LogP contribution in [0.3, 0.4) is 0 Å². The van der Waals surface area contributed by atoms with Crippen LogP contribution in [-0.4, -0.2) is 11.0 Å². The van der Waals surface area contributed by atoms with Gasteiger partial charge in [-0.1, -0.05) is 19.9 Å². The highest BCUT2D eigenvalue weighted by Gasteiger charge is 2.26. The van der Waals surface area contributed by atoms with Crippen LogP contribution >= 0.6 is 15.9 Å². The molecule has 0 radical (unpaired) electrons. The average molecular weight is 283 g/mol. The Morgan fingerprint density at radius 3 is 2.62 bits per heavy atom. The maximum atomic E-state index is 4.41. The van der Waals surface area contributed by atoms with Crippen molar-refractivity contribution in [1.82, 2.24) is 4.98 Å². The zero-order chi connectivity index (χ0) is 11.6. The van der Waals surface area contributed by atoms with E-state index in [-0.39, 0.29) is 0 Å². The van der Waals surface area contributed by atoms with E-state index >= 15 is 0 Å². The summed E-state index contributed by atoms with van der Waals surface area (Å²) in [6, 6.07) is 6.60. The van der Waals surface area contributed by atoms with Gasteiger partial charge in [0.05, 0.1) is 0 Å². The molecule has 2 nitrogen and oxygen atoms in total. The van der Waals surface area contributed by atoms with Gasteiger partial charge in [0, 0.05) is 6.04 Å². The average Bonchev–Trinajstić information content (AvgIpc) is 2.21. The Labute approximate surface area is 106 Å². The fourth-order valence-electron chi connectivity index (χ4n) is 2.24. The van der Waals surface area contributed by atoms with Crippen molar-refractivity contribution in [3.63, 3.8) is 0 Å². The molecule has 1 aromatic heterocycles. The third-order valence-corrected chi connectivity index (χ3v) is 3.85. The van der Waals surface area contributed by atoms with E-state index in [9.17, 15) is 0 Å². The van der Waals surface area contributed by atoms with Crippen LogP contribution in [0.15, 0.2) is 22.8 Å². The molecule has 2 rings (SSSR count). The van der Waals surface area contributed by atoms with Crippen molar-refractivity contribution >= 4 is 21.7 Å². The van der Waals surface area contributed by atoms with Gasteiger partial charge >= 0.3 is 0 Å². The Hall–Kier alpha value is -0.570. The molecule has 3 heteroatoms. The molecule has 0 atom stereocenters. The van der Waals surface area contributed by atoms with Crippen LogP contribution < -0.4 is 5.32 Å². The van der Waals surface area contributed by atoms with E-state index < -0.39 is 0 Å². The van der Waals surface area contributed by atoms with E-state index in [2.05, 4.69) is 40.1 Å². The fraction of sp³-hybridized carbons (Fsp3) is 0.615. The molecule has 0 bridgehead atoms. The van der Waals surface area contributed by atoms with Gasteiger partial charge in [0.15, 0.2) is 0 Å². The number of rotatable bonds is 2. The Bertz CT molecular complexity index is 353. The molecule has 1 aromatic rings. The van der Waals surface area contributed by atoms with E-state index in [0.717, 1.165) is 10.4 Å². The molecule has 16 heavy (non-hydrogen) atoms. The number of hydrogen-bond donors (Lipinski definition) is 1. The second-order valence-corrected chi connectivity index (χ2v) is 6.24. The maximum absolute atomic E-state index is 4.41. The van der Waals surface area contributed by atoms with Crippen molar-refractivity contribution in [3.05, 3.63) is 22.8 Å². The molecular weight excluding hydrogens is 264 g/mol. The van der Waals surface area contributed by atoms with Crippen molar-refractivity contribution in [3.8, 4) is 0 Å². The summed E-state index contributed by atoms with van der Waals surface area (Å²) in [5.74, 6) is 0.985. The zero-order valence-electron chi connectivity index (χ0n) is 9.96. The molecule has 1 heterocycles. The first-order chi connectivity index (χ1) is 7.55. The van der Waals surface area contributed by atoms with E-state index in [0.29, 0.717) is 11.5 Å².